The van der Waals surface area contributed by atoms with Gasteiger partial charge in [-0.25, -0.2) is 9.18 Å². The summed E-state index contributed by atoms with van der Waals surface area (Å²) >= 11 is 0. The standard InChI is InChI=1S/C19H18FN3O3/c1-13-18(25)22(12-17(24)21-11-14-5-3-2-4-6-14)19(26)23(13)16-9-7-15(20)8-10-16/h2-10,13H,11-12H2,1H3,(H,21,24). The van der Waals surface area contributed by atoms with Crippen LogP contribution in [-0.4, -0.2) is 35.3 Å². The van der Waals surface area contributed by atoms with E-state index in [-0.39, 0.29) is 6.54 Å². The van der Waals surface area contributed by atoms with Gasteiger partial charge in [0.1, 0.15) is 18.4 Å². The lowest BCUT2D eigenvalue weighted by Crippen LogP contribution is -2.41. The molecule has 1 saturated heterocycles. The summed E-state index contributed by atoms with van der Waals surface area (Å²) in [6, 6.07) is 13.3. The normalized spacial score (nSPS) is 16.9. The molecule has 0 radical (unpaired) electrons. The maximum Gasteiger partial charge on any atom is 0.332 e. The van der Waals surface area contributed by atoms with E-state index in [0.29, 0.717) is 12.2 Å². The summed E-state index contributed by atoms with van der Waals surface area (Å²) in [7, 11) is 0. The highest BCUT2D eigenvalue weighted by Gasteiger charge is 2.43. The van der Waals surface area contributed by atoms with E-state index >= 15 is 0 Å². The molecule has 3 rings (SSSR count). The zero-order valence-electron chi connectivity index (χ0n) is 14.2. The number of hydrogen-bond acceptors (Lipinski definition) is 3. The van der Waals surface area contributed by atoms with Gasteiger partial charge in [0.25, 0.3) is 5.91 Å². The van der Waals surface area contributed by atoms with Crippen LogP contribution in [0.15, 0.2) is 54.6 Å². The van der Waals surface area contributed by atoms with Gasteiger partial charge in [0.05, 0.1) is 0 Å². The van der Waals surface area contributed by atoms with Gasteiger partial charge in [0.15, 0.2) is 0 Å². The predicted molar refractivity (Wildman–Crippen MR) is 93.7 cm³/mol. The number of imide groups is 1. The number of rotatable bonds is 5. The fourth-order valence-electron chi connectivity index (χ4n) is 2.80. The number of halogens is 1. The van der Waals surface area contributed by atoms with Crippen molar-refractivity contribution in [2.45, 2.75) is 19.5 Å². The van der Waals surface area contributed by atoms with Crippen molar-refractivity contribution in [1.29, 1.82) is 0 Å². The maximum absolute atomic E-state index is 13.1. The molecule has 2 aromatic carbocycles. The molecule has 0 saturated carbocycles. The molecule has 0 spiro atoms. The van der Waals surface area contributed by atoms with E-state index in [2.05, 4.69) is 5.32 Å². The van der Waals surface area contributed by atoms with Gasteiger partial charge in [-0.2, -0.15) is 0 Å². The van der Waals surface area contributed by atoms with Crippen LogP contribution in [0.5, 0.6) is 0 Å². The Kier molecular flexibility index (Phi) is 4.97. The van der Waals surface area contributed by atoms with Gasteiger partial charge in [0.2, 0.25) is 5.91 Å². The maximum atomic E-state index is 13.1. The Labute approximate surface area is 150 Å². The highest BCUT2D eigenvalue weighted by molar-refractivity contribution is 6.15. The van der Waals surface area contributed by atoms with E-state index in [1.807, 2.05) is 30.3 Å². The van der Waals surface area contributed by atoms with E-state index in [1.165, 1.54) is 29.2 Å². The molecule has 7 heteroatoms. The summed E-state index contributed by atoms with van der Waals surface area (Å²) in [6.07, 6.45) is 0. The van der Waals surface area contributed by atoms with Crippen LogP contribution in [0.3, 0.4) is 0 Å². The zero-order valence-corrected chi connectivity index (χ0v) is 14.2. The third-order valence-electron chi connectivity index (χ3n) is 4.19. The first-order chi connectivity index (χ1) is 12.5. The Morgan fingerprint density at radius 1 is 1.08 bits per heavy atom. The number of carbonyl (C=O) groups is 3. The minimum atomic E-state index is -0.755. The zero-order chi connectivity index (χ0) is 18.7. The van der Waals surface area contributed by atoms with Crippen LogP contribution in [0.4, 0.5) is 14.9 Å². The summed E-state index contributed by atoms with van der Waals surface area (Å²) in [5.74, 6) is -1.32. The molecular formula is C19H18FN3O3. The van der Waals surface area contributed by atoms with Gasteiger partial charge in [-0.1, -0.05) is 30.3 Å². The SMILES string of the molecule is CC1C(=O)N(CC(=O)NCc2ccccc2)C(=O)N1c1ccc(F)cc1. The second-order valence-corrected chi connectivity index (χ2v) is 5.99. The summed E-state index contributed by atoms with van der Waals surface area (Å²) < 4.78 is 13.1. The number of anilines is 1. The van der Waals surface area contributed by atoms with Gasteiger partial charge >= 0.3 is 6.03 Å². The number of urea groups is 1. The first-order valence-corrected chi connectivity index (χ1v) is 8.18. The summed E-state index contributed by atoms with van der Waals surface area (Å²) in [6.45, 7) is 1.53. The Morgan fingerprint density at radius 3 is 2.38 bits per heavy atom. The highest BCUT2D eigenvalue weighted by Crippen LogP contribution is 2.25. The lowest BCUT2D eigenvalue weighted by molar-refractivity contribution is -0.131. The molecule has 4 amide bonds. The van der Waals surface area contributed by atoms with Crippen molar-refractivity contribution >= 4 is 23.5 Å². The third kappa shape index (κ3) is 3.56. The molecule has 134 valence electrons. The number of nitrogens with zero attached hydrogens (tertiary/aromatic N) is 2. The van der Waals surface area contributed by atoms with Crippen LogP contribution < -0.4 is 10.2 Å². The second kappa shape index (κ2) is 7.35. The summed E-state index contributed by atoms with van der Waals surface area (Å²) in [5.41, 5.74) is 1.32. The number of nitrogens with one attached hydrogen (secondary N) is 1. The van der Waals surface area contributed by atoms with Crippen molar-refractivity contribution in [2.75, 3.05) is 11.4 Å². The molecule has 2 aromatic rings. The van der Waals surface area contributed by atoms with Gasteiger partial charge in [0, 0.05) is 12.2 Å². The number of amides is 4. The number of carbonyl (C=O) groups excluding carboxylic acids is 3. The molecule has 0 aliphatic carbocycles. The molecule has 6 nitrogen and oxygen atoms in total. The molecule has 1 aliphatic rings. The fourth-order valence-corrected chi connectivity index (χ4v) is 2.80. The molecule has 0 aromatic heterocycles. The Bertz CT molecular complexity index is 824. The first kappa shape index (κ1) is 17.6. The van der Waals surface area contributed by atoms with Crippen LogP contribution >= 0.6 is 0 Å². The monoisotopic (exact) mass is 355 g/mol. The Morgan fingerprint density at radius 2 is 1.73 bits per heavy atom. The largest absolute Gasteiger partial charge is 0.350 e. The van der Waals surface area contributed by atoms with Crippen molar-refractivity contribution in [2.24, 2.45) is 0 Å². The number of benzene rings is 2. The van der Waals surface area contributed by atoms with E-state index in [1.54, 1.807) is 6.92 Å². The van der Waals surface area contributed by atoms with Crippen LogP contribution in [0.25, 0.3) is 0 Å². The summed E-state index contributed by atoms with van der Waals surface area (Å²) in [4.78, 5) is 39.3. The van der Waals surface area contributed by atoms with E-state index in [4.69, 9.17) is 0 Å². The molecule has 1 N–H and O–H groups in total. The van der Waals surface area contributed by atoms with Crippen molar-refractivity contribution < 1.29 is 18.8 Å². The lowest BCUT2D eigenvalue weighted by Gasteiger charge is -2.19. The minimum Gasteiger partial charge on any atom is -0.350 e. The van der Waals surface area contributed by atoms with Gasteiger partial charge in [-0.15, -0.1) is 0 Å². The number of hydrogen-bond donors (Lipinski definition) is 1. The van der Waals surface area contributed by atoms with E-state index in [9.17, 15) is 18.8 Å². The van der Waals surface area contributed by atoms with Gasteiger partial charge in [-0.05, 0) is 36.8 Å². The minimum absolute atomic E-state index is 0.313. The highest BCUT2D eigenvalue weighted by atomic mass is 19.1. The molecule has 1 unspecified atom stereocenters. The third-order valence-corrected chi connectivity index (χ3v) is 4.19. The van der Waals surface area contributed by atoms with Crippen molar-refractivity contribution in [3.05, 3.63) is 66.0 Å². The van der Waals surface area contributed by atoms with Crippen LogP contribution in [0.2, 0.25) is 0 Å². The lowest BCUT2D eigenvalue weighted by atomic mass is 10.2. The average molecular weight is 355 g/mol. The topological polar surface area (TPSA) is 69.7 Å². The van der Waals surface area contributed by atoms with Gasteiger partial charge < -0.3 is 5.32 Å². The van der Waals surface area contributed by atoms with Crippen molar-refractivity contribution in [1.82, 2.24) is 10.2 Å². The quantitative estimate of drug-likeness (QED) is 0.837. The molecule has 1 fully saturated rings. The van der Waals surface area contributed by atoms with Crippen molar-refractivity contribution in [3.8, 4) is 0 Å². The molecule has 1 aliphatic heterocycles. The molecule has 26 heavy (non-hydrogen) atoms. The first-order valence-electron chi connectivity index (χ1n) is 8.18. The average Bonchev–Trinajstić information content (AvgIpc) is 2.85. The van der Waals surface area contributed by atoms with Crippen LogP contribution in [-0.2, 0) is 16.1 Å². The van der Waals surface area contributed by atoms with E-state index < -0.39 is 29.7 Å². The smallest absolute Gasteiger partial charge is 0.332 e. The van der Waals surface area contributed by atoms with Gasteiger partial charge in [-0.3, -0.25) is 19.4 Å². The second-order valence-electron chi connectivity index (χ2n) is 5.99. The Hall–Kier alpha value is -3.22. The fraction of sp³-hybridized carbons (Fsp3) is 0.211. The van der Waals surface area contributed by atoms with Crippen molar-refractivity contribution in [3.63, 3.8) is 0 Å². The van der Waals surface area contributed by atoms with Crippen LogP contribution in [0.1, 0.15) is 12.5 Å². The molecular weight excluding hydrogens is 337 g/mol. The predicted octanol–water partition coefficient (Wildman–Crippen LogP) is 2.30. The Balaban J connectivity index is 1.66. The molecule has 1 heterocycles. The van der Waals surface area contributed by atoms with E-state index in [0.717, 1.165) is 10.5 Å². The summed E-state index contributed by atoms with van der Waals surface area (Å²) in [5, 5.41) is 2.69. The molecule has 0 bridgehead atoms. The molecule has 1 atom stereocenters. The van der Waals surface area contributed by atoms with Crippen LogP contribution in [0, 0.1) is 5.82 Å².